The summed E-state index contributed by atoms with van der Waals surface area (Å²) in [7, 11) is 0. The van der Waals surface area contributed by atoms with Gasteiger partial charge in [0.05, 0.1) is 0 Å². The third-order valence-electron chi connectivity index (χ3n) is 4.69. The molecule has 1 aromatic rings. The van der Waals surface area contributed by atoms with Crippen molar-refractivity contribution in [2.45, 2.75) is 45.1 Å². The number of hydrogen-bond donors (Lipinski definition) is 2. The normalized spacial score (nSPS) is 18.6. The van der Waals surface area contributed by atoms with E-state index in [1.807, 2.05) is 29.2 Å². The van der Waals surface area contributed by atoms with Crippen molar-refractivity contribution in [2.24, 2.45) is 5.92 Å². The molecule has 1 aliphatic carbocycles. The van der Waals surface area contributed by atoms with Crippen molar-refractivity contribution in [3.8, 4) is 0 Å². The minimum absolute atomic E-state index is 0.00849. The van der Waals surface area contributed by atoms with Crippen LogP contribution in [0.4, 0.5) is 10.5 Å². The number of benzene rings is 1. The Morgan fingerprint density at radius 1 is 1.09 bits per heavy atom. The quantitative estimate of drug-likeness (QED) is 0.897. The van der Waals surface area contributed by atoms with Gasteiger partial charge in [0.25, 0.3) is 0 Å². The zero-order valence-electron chi connectivity index (χ0n) is 13.7. The molecule has 0 radical (unpaired) electrons. The third-order valence-corrected chi connectivity index (χ3v) is 4.69. The molecule has 23 heavy (non-hydrogen) atoms. The molecule has 2 aliphatic rings. The molecule has 0 unspecified atom stereocenters. The van der Waals surface area contributed by atoms with Crippen molar-refractivity contribution < 1.29 is 9.59 Å². The fraction of sp³-hybridized carbons (Fsp3) is 0.556. The van der Waals surface area contributed by atoms with Crippen molar-refractivity contribution in [1.29, 1.82) is 0 Å². The van der Waals surface area contributed by atoms with Crippen LogP contribution >= 0.6 is 0 Å². The predicted molar refractivity (Wildman–Crippen MR) is 90.3 cm³/mol. The number of rotatable bonds is 4. The van der Waals surface area contributed by atoms with Crippen LogP contribution in [0.5, 0.6) is 0 Å². The van der Waals surface area contributed by atoms with E-state index in [2.05, 4.69) is 17.6 Å². The topological polar surface area (TPSA) is 61.4 Å². The minimum atomic E-state index is -0.00849. The zero-order valence-corrected chi connectivity index (χ0v) is 13.7. The van der Waals surface area contributed by atoms with Crippen LogP contribution in [0, 0.1) is 5.92 Å². The second-order valence-corrected chi connectivity index (χ2v) is 6.52. The molecule has 0 bridgehead atoms. The molecule has 1 saturated heterocycles. The molecule has 0 spiro atoms. The van der Waals surface area contributed by atoms with Gasteiger partial charge in [0, 0.05) is 30.7 Å². The lowest BCUT2D eigenvalue weighted by Crippen LogP contribution is -2.46. The van der Waals surface area contributed by atoms with E-state index in [0.29, 0.717) is 19.1 Å². The highest BCUT2D eigenvalue weighted by atomic mass is 16.2. The summed E-state index contributed by atoms with van der Waals surface area (Å²) in [5.41, 5.74) is 2.11. The van der Waals surface area contributed by atoms with Crippen LogP contribution in [0.15, 0.2) is 24.3 Å². The molecule has 124 valence electrons. The molecule has 0 atom stereocenters. The monoisotopic (exact) mass is 315 g/mol. The van der Waals surface area contributed by atoms with Gasteiger partial charge in [-0.15, -0.1) is 0 Å². The van der Waals surface area contributed by atoms with Gasteiger partial charge in [-0.05, 0) is 49.8 Å². The van der Waals surface area contributed by atoms with Crippen molar-refractivity contribution in [3.63, 3.8) is 0 Å². The third kappa shape index (κ3) is 4.24. The molecule has 5 nitrogen and oxygen atoms in total. The van der Waals surface area contributed by atoms with Crippen LogP contribution in [0.25, 0.3) is 0 Å². The lowest BCUT2D eigenvalue weighted by atomic mass is 9.96. The Labute approximate surface area is 137 Å². The molecule has 3 amide bonds. The van der Waals surface area contributed by atoms with Crippen molar-refractivity contribution in [3.05, 3.63) is 29.8 Å². The standard InChI is InChI=1S/C18H25N3O2/c1-2-13-3-5-15(6-4-13)19-17(22)14-9-11-21(12-10-14)18(23)20-16-7-8-16/h3-6,14,16H,2,7-12H2,1H3,(H,19,22)(H,20,23). The summed E-state index contributed by atoms with van der Waals surface area (Å²) in [5.74, 6) is 0.0577. The highest BCUT2D eigenvalue weighted by Gasteiger charge is 2.30. The van der Waals surface area contributed by atoms with E-state index < -0.39 is 0 Å². The van der Waals surface area contributed by atoms with E-state index in [4.69, 9.17) is 0 Å². The molecule has 1 heterocycles. The molecule has 5 heteroatoms. The van der Waals surface area contributed by atoms with Gasteiger partial charge in [-0.25, -0.2) is 4.79 Å². The maximum absolute atomic E-state index is 12.4. The Kier molecular flexibility index (Phi) is 4.84. The number of carbonyl (C=O) groups excluding carboxylic acids is 2. The SMILES string of the molecule is CCc1ccc(NC(=O)C2CCN(C(=O)NC3CC3)CC2)cc1. The number of amides is 3. The largest absolute Gasteiger partial charge is 0.335 e. The van der Waals surface area contributed by atoms with E-state index in [0.717, 1.165) is 37.8 Å². The number of anilines is 1. The summed E-state index contributed by atoms with van der Waals surface area (Å²) in [6.45, 7) is 3.43. The Hall–Kier alpha value is -2.04. The smallest absolute Gasteiger partial charge is 0.317 e. The maximum Gasteiger partial charge on any atom is 0.317 e. The second-order valence-electron chi connectivity index (χ2n) is 6.52. The van der Waals surface area contributed by atoms with Crippen molar-refractivity contribution in [1.82, 2.24) is 10.2 Å². The first-order valence-electron chi connectivity index (χ1n) is 8.61. The predicted octanol–water partition coefficient (Wildman–Crippen LogP) is 2.77. The molecule has 3 rings (SSSR count). The lowest BCUT2D eigenvalue weighted by molar-refractivity contribution is -0.121. The van der Waals surface area contributed by atoms with E-state index in [1.54, 1.807) is 0 Å². The van der Waals surface area contributed by atoms with Gasteiger partial charge in [-0.3, -0.25) is 4.79 Å². The fourth-order valence-electron chi connectivity index (χ4n) is 2.91. The Balaban J connectivity index is 1.46. The van der Waals surface area contributed by atoms with Gasteiger partial charge < -0.3 is 15.5 Å². The molecule has 0 aromatic heterocycles. The van der Waals surface area contributed by atoms with Crippen LogP contribution in [0.2, 0.25) is 0 Å². The van der Waals surface area contributed by atoms with Gasteiger partial charge in [0.1, 0.15) is 0 Å². The lowest BCUT2D eigenvalue weighted by Gasteiger charge is -2.31. The van der Waals surface area contributed by atoms with Gasteiger partial charge in [0.2, 0.25) is 5.91 Å². The number of aryl methyl sites for hydroxylation is 1. The summed E-state index contributed by atoms with van der Waals surface area (Å²) in [4.78, 5) is 26.2. The van der Waals surface area contributed by atoms with Gasteiger partial charge in [-0.1, -0.05) is 19.1 Å². The summed E-state index contributed by atoms with van der Waals surface area (Å²) < 4.78 is 0. The number of nitrogens with zero attached hydrogens (tertiary/aromatic N) is 1. The summed E-state index contributed by atoms with van der Waals surface area (Å²) in [5, 5.41) is 6.00. The number of hydrogen-bond acceptors (Lipinski definition) is 2. The Morgan fingerprint density at radius 2 is 1.74 bits per heavy atom. The van der Waals surface area contributed by atoms with Crippen LogP contribution in [-0.2, 0) is 11.2 Å². The summed E-state index contributed by atoms with van der Waals surface area (Å²) in [6.07, 6.45) is 4.66. The van der Waals surface area contributed by atoms with E-state index in [1.165, 1.54) is 5.56 Å². The highest BCUT2D eigenvalue weighted by Crippen LogP contribution is 2.22. The second kappa shape index (κ2) is 7.02. The average molecular weight is 315 g/mol. The zero-order chi connectivity index (χ0) is 16.2. The number of carbonyl (C=O) groups is 2. The van der Waals surface area contributed by atoms with Crippen molar-refractivity contribution >= 4 is 17.6 Å². The van der Waals surface area contributed by atoms with Crippen LogP contribution in [0.3, 0.4) is 0 Å². The van der Waals surface area contributed by atoms with Crippen LogP contribution in [0.1, 0.15) is 38.2 Å². The molecule has 2 N–H and O–H groups in total. The van der Waals surface area contributed by atoms with Crippen LogP contribution < -0.4 is 10.6 Å². The van der Waals surface area contributed by atoms with Crippen LogP contribution in [-0.4, -0.2) is 36.0 Å². The van der Waals surface area contributed by atoms with E-state index >= 15 is 0 Å². The van der Waals surface area contributed by atoms with E-state index in [-0.39, 0.29) is 17.9 Å². The Bertz CT molecular complexity index is 558. The highest BCUT2D eigenvalue weighted by molar-refractivity contribution is 5.92. The molecule has 1 saturated carbocycles. The first-order valence-corrected chi connectivity index (χ1v) is 8.61. The van der Waals surface area contributed by atoms with Gasteiger partial charge >= 0.3 is 6.03 Å². The van der Waals surface area contributed by atoms with Gasteiger partial charge in [0.15, 0.2) is 0 Å². The minimum Gasteiger partial charge on any atom is -0.335 e. The first kappa shape index (κ1) is 15.8. The summed E-state index contributed by atoms with van der Waals surface area (Å²) >= 11 is 0. The first-order chi connectivity index (χ1) is 11.2. The molecule has 1 aliphatic heterocycles. The van der Waals surface area contributed by atoms with E-state index in [9.17, 15) is 9.59 Å². The Morgan fingerprint density at radius 3 is 2.30 bits per heavy atom. The summed E-state index contributed by atoms with van der Waals surface area (Å²) in [6, 6.07) is 8.40. The number of nitrogens with one attached hydrogen (secondary N) is 2. The number of urea groups is 1. The number of likely N-dealkylation sites (tertiary alicyclic amines) is 1. The average Bonchev–Trinajstić information content (AvgIpc) is 3.39. The molecule has 2 fully saturated rings. The molecular weight excluding hydrogens is 290 g/mol. The van der Waals surface area contributed by atoms with Crippen molar-refractivity contribution in [2.75, 3.05) is 18.4 Å². The molecular formula is C18H25N3O2. The molecule has 1 aromatic carbocycles. The van der Waals surface area contributed by atoms with Gasteiger partial charge in [-0.2, -0.15) is 0 Å². The fourth-order valence-corrected chi connectivity index (χ4v) is 2.91. The maximum atomic E-state index is 12.4. The number of piperidine rings is 1.